The van der Waals surface area contributed by atoms with Crippen molar-refractivity contribution in [1.82, 2.24) is 0 Å². The first-order valence-corrected chi connectivity index (χ1v) is 6.58. The van der Waals surface area contributed by atoms with E-state index in [1.54, 1.807) is 0 Å². The zero-order chi connectivity index (χ0) is 12.5. The molecule has 0 fully saturated rings. The summed E-state index contributed by atoms with van der Waals surface area (Å²) >= 11 is 3.42. The Morgan fingerprint density at radius 1 is 1.25 bits per heavy atom. The summed E-state index contributed by atoms with van der Waals surface area (Å²) in [5, 5.41) is 10.0. The number of hydrogen-bond acceptors (Lipinski definition) is 1. The van der Waals surface area contributed by atoms with Crippen LogP contribution in [0.25, 0.3) is 0 Å². The molecule has 2 atom stereocenters. The highest BCUT2D eigenvalue weighted by atomic mass is 79.9. The first-order valence-electron chi connectivity index (χ1n) is 5.66. The number of benzene rings is 1. The fourth-order valence-electron chi connectivity index (χ4n) is 1.72. The normalized spacial score (nSPS) is 15.9. The fourth-order valence-corrected chi connectivity index (χ4v) is 2.01. The lowest BCUT2D eigenvalue weighted by Gasteiger charge is -2.22. The fraction of sp³-hybridized carbons (Fsp3) is 0.571. The molecule has 1 N–H and O–H groups in total. The van der Waals surface area contributed by atoms with Crippen LogP contribution in [0.1, 0.15) is 50.5 Å². The molecule has 1 rings (SSSR count). The quantitative estimate of drug-likeness (QED) is 0.811. The number of aryl methyl sites for hydroxylation is 1. The summed E-state index contributed by atoms with van der Waals surface area (Å²) in [4.78, 5) is 0.0756. The second-order valence-corrected chi connectivity index (χ2v) is 6.89. The molecule has 0 radical (unpaired) electrons. The van der Waals surface area contributed by atoms with Crippen LogP contribution in [0, 0.1) is 6.92 Å². The summed E-state index contributed by atoms with van der Waals surface area (Å²) in [5.74, 6) is 0. The molecule has 0 aliphatic heterocycles. The van der Waals surface area contributed by atoms with Gasteiger partial charge in [0.05, 0.1) is 6.10 Å². The second kappa shape index (κ2) is 4.89. The molecule has 1 aromatic rings. The summed E-state index contributed by atoms with van der Waals surface area (Å²) in [7, 11) is 0. The van der Waals surface area contributed by atoms with E-state index in [0.717, 1.165) is 11.1 Å². The lowest BCUT2D eigenvalue weighted by Crippen LogP contribution is -2.14. The van der Waals surface area contributed by atoms with Gasteiger partial charge in [-0.15, -0.1) is 0 Å². The minimum Gasteiger partial charge on any atom is -0.387 e. The van der Waals surface area contributed by atoms with Crippen molar-refractivity contribution in [1.29, 1.82) is 0 Å². The Balaban J connectivity index is 3.10. The van der Waals surface area contributed by atoms with Crippen LogP contribution in [-0.2, 0) is 5.41 Å². The number of aliphatic hydroxyl groups excluding tert-OH is 1. The van der Waals surface area contributed by atoms with Crippen LogP contribution in [0.4, 0.5) is 0 Å². The van der Waals surface area contributed by atoms with Gasteiger partial charge in [-0.1, -0.05) is 54.9 Å². The molecule has 0 bridgehead atoms. The number of rotatable bonds is 2. The molecule has 2 unspecified atom stereocenters. The van der Waals surface area contributed by atoms with Gasteiger partial charge in [0.25, 0.3) is 0 Å². The van der Waals surface area contributed by atoms with E-state index in [2.05, 4.69) is 55.8 Å². The van der Waals surface area contributed by atoms with E-state index in [1.165, 1.54) is 5.56 Å². The first-order chi connectivity index (χ1) is 7.23. The van der Waals surface area contributed by atoms with Gasteiger partial charge in [0.1, 0.15) is 0 Å². The van der Waals surface area contributed by atoms with Gasteiger partial charge in [-0.3, -0.25) is 0 Å². The first kappa shape index (κ1) is 13.7. The minimum absolute atomic E-state index is 0.0756. The zero-order valence-electron chi connectivity index (χ0n) is 10.7. The molecule has 0 amide bonds. The van der Waals surface area contributed by atoms with Crippen molar-refractivity contribution in [2.75, 3.05) is 0 Å². The molecule has 16 heavy (non-hydrogen) atoms. The smallest absolute Gasteiger partial charge is 0.0914 e. The lowest BCUT2D eigenvalue weighted by molar-refractivity contribution is 0.180. The van der Waals surface area contributed by atoms with E-state index in [9.17, 15) is 5.11 Å². The molecule has 1 aromatic carbocycles. The lowest BCUT2D eigenvalue weighted by atomic mass is 9.84. The van der Waals surface area contributed by atoms with Gasteiger partial charge in [0.15, 0.2) is 0 Å². The van der Waals surface area contributed by atoms with Crippen LogP contribution in [0.15, 0.2) is 18.2 Å². The standard InChI is InChI=1S/C14H21BrO/c1-9-8-11(14(3,4)5)6-7-12(9)13(16)10(2)15/h6-8,10,13,16H,1-5H3. The third-order valence-corrected chi connectivity index (χ3v) is 3.39. The third kappa shape index (κ3) is 3.08. The Bertz CT molecular complexity index is 363. The highest BCUT2D eigenvalue weighted by Gasteiger charge is 2.18. The van der Waals surface area contributed by atoms with E-state index in [1.807, 2.05) is 13.0 Å². The summed E-state index contributed by atoms with van der Waals surface area (Å²) < 4.78 is 0. The van der Waals surface area contributed by atoms with E-state index < -0.39 is 6.10 Å². The van der Waals surface area contributed by atoms with E-state index >= 15 is 0 Å². The van der Waals surface area contributed by atoms with Crippen LogP contribution < -0.4 is 0 Å². The van der Waals surface area contributed by atoms with Gasteiger partial charge in [-0.2, -0.15) is 0 Å². The number of aliphatic hydroxyl groups is 1. The average molecular weight is 285 g/mol. The summed E-state index contributed by atoms with van der Waals surface area (Å²) in [6.07, 6.45) is -0.436. The maximum atomic E-state index is 10.0. The Hall–Kier alpha value is -0.340. The molecular weight excluding hydrogens is 264 g/mol. The highest BCUT2D eigenvalue weighted by Crippen LogP contribution is 2.29. The van der Waals surface area contributed by atoms with Crippen molar-refractivity contribution in [3.63, 3.8) is 0 Å². The van der Waals surface area contributed by atoms with Crippen LogP contribution in [0.5, 0.6) is 0 Å². The predicted octanol–water partition coefficient (Wildman–Crippen LogP) is 4.11. The van der Waals surface area contributed by atoms with Gasteiger partial charge >= 0.3 is 0 Å². The van der Waals surface area contributed by atoms with Crippen molar-refractivity contribution in [2.24, 2.45) is 0 Å². The van der Waals surface area contributed by atoms with Crippen LogP contribution in [0.2, 0.25) is 0 Å². The second-order valence-electron chi connectivity index (χ2n) is 5.44. The van der Waals surface area contributed by atoms with Gasteiger partial charge in [-0.25, -0.2) is 0 Å². The molecule has 0 saturated carbocycles. The van der Waals surface area contributed by atoms with Crippen molar-refractivity contribution < 1.29 is 5.11 Å². The van der Waals surface area contributed by atoms with Crippen molar-refractivity contribution in [3.8, 4) is 0 Å². The van der Waals surface area contributed by atoms with Crippen LogP contribution in [0.3, 0.4) is 0 Å². The van der Waals surface area contributed by atoms with Gasteiger partial charge < -0.3 is 5.11 Å². The predicted molar refractivity (Wildman–Crippen MR) is 73.2 cm³/mol. The monoisotopic (exact) mass is 284 g/mol. The number of alkyl halides is 1. The molecule has 90 valence electrons. The zero-order valence-corrected chi connectivity index (χ0v) is 12.3. The molecule has 0 heterocycles. The average Bonchev–Trinajstić information content (AvgIpc) is 2.15. The summed E-state index contributed by atoms with van der Waals surface area (Å²) in [6, 6.07) is 6.33. The van der Waals surface area contributed by atoms with Crippen LogP contribution >= 0.6 is 15.9 Å². The van der Waals surface area contributed by atoms with Crippen molar-refractivity contribution >= 4 is 15.9 Å². The SMILES string of the molecule is Cc1cc(C(C)(C)C)ccc1C(O)C(C)Br. The minimum atomic E-state index is -0.436. The molecule has 0 saturated heterocycles. The third-order valence-electron chi connectivity index (χ3n) is 2.89. The molecule has 0 aliphatic rings. The highest BCUT2D eigenvalue weighted by molar-refractivity contribution is 9.09. The molecule has 0 aliphatic carbocycles. The molecule has 0 aromatic heterocycles. The van der Waals surface area contributed by atoms with E-state index in [0.29, 0.717) is 0 Å². The molecule has 0 spiro atoms. The largest absolute Gasteiger partial charge is 0.387 e. The topological polar surface area (TPSA) is 20.2 Å². The van der Waals surface area contributed by atoms with Gasteiger partial charge in [0.2, 0.25) is 0 Å². The Labute approximate surface area is 107 Å². The Morgan fingerprint density at radius 2 is 1.81 bits per heavy atom. The molecule has 1 nitrogen and oxygen atoms in total. The summed E-state index contributed by atoms with van der Waals surface area (Å²) in [5.41, 5.74) is 3.64. The van der Waals surface area contributed by atoms with E-state index in [4.69, 9.17) is 0 Å². The summed E-state index contributed by atoms with van der Waals surface area (Å²) in [6.45, 7) is 10.6. The number of halogens is 1. The number of hydrogen-bond donors (Lipinski definition) is 1. The van der Waals surface area contributed by atoms with Crippen molar-refractivity contribution in [2.45, 2.75) is 51.0 Å². The molecule has 2 heteroatoms. The van der Waals surface area contributed by atoms with Gasteiger partial charge in [0, 0.05) is 4.83 Å². The Morgan fingerprint density at radius 3 is 2.19 bits per heavy atom. The van der Waals surface area contributed by atoms with E-state index in [-0.39, 0.29) is 10.2 Å². The Kier molecular flexibility index (Phi) is 4.19. The van der Waals surface area contributed by atoms with Crippen molar-refractivity contribution in [3.05, 3.63) is 34.9 Å². The van der Waals surface area contributed by atoms with Crippen LogP contribution in [-0.4, -0.2) is 9.93 Å². The maximum absolute atomic E-state index is 10.0. The van der Waals surface area contributed by atoms with Gasteiger partial charge in [-0.05, 0) is 36.0 Å². The maximum Gasteiger partial charge on any atom is 0.0914 e. The molecular formula is C14H21BrO.